The summed E-state index contributed by atoms with van der Waals surface area (Å²) in [7, 11) is 0. The Morgan fingerprint density at radius 1 is 1.00 bits per heavy atom. The van der Waals surface area contributed by atoms with Gasteiger partial charge in [0.1, 0.15) is 0 Å². The highest BCUT2D eigenvalue weighted by molar-refractivity contribution is 5.53. The molecule has 0 aliphatic carbocycles. The van der Waals surface area contributed by atoms with Crippen LogP contribution in [0.2, 0.25) is 0 Å². The van der Waals surface area contributed by atoms with Crippen LogP contribution in [0.3, 0.4) is 0 Å². The van der Waals surface area contributed by atoms with Gasteiger partial charge in [0.2, 0.25) is 0 Å². The van der Waals surface area contributed by atoms with E-state index >= 15 is 0 Å². The molecule has 19 heavy (non-hydrogen) atoms. The van der Waals surface area contributed by atoms with E-state index in [0.717, 1.165) is 19.5 Å². The third kappa shape index (κ3) is 2.83. The largest absolute Gasteiger partial charge is 0.312 e. The van der Waals surface area contributed by atoms with Crippen LogP contribution in [0.25, 0.3) is 5.52 Å². The van der Waals surface area contributed by atoms with E-state index < -0.39 is 0 Å². The van der Waals surface area contributed by atoms with Crippen molar-refractivity contribution < 1.29 is 0 Å². The number of aromatic nitrogens is 2. The van der Waals surface area contributed by atoms with E-state index in [1.807, 2.05) is 29.0 Å². The molecule has 0 bridgehead atoms. The van der Waals surface area contributed by atoms with Gasteiger partial charge in [-0.05, 0) is 30.7 Å². The predicted octanol–water partition coefficient (Wildman–Crippen LogP) is 2.67. The lowest BCUT2D eigenvalue weighted by atomic mass is 10.1. The van der Waals surface area contributed by atoms with Crippen molar-refractivity contribution in [3.05, 3.63) is 72.1 Å². The number of fused-ring (bicyclic) bond motifs is 1. The van der Waals surface area contributed by atoms with Gasteiger partial charge in [-0.1, -0.05) is 36.4 Å². The molecule has 3 aromatic rings. The van der Waals surface area contributed by atoms with Gasteiger partial charge in [-0.25, -0.2) is 4.52 Å². The lowest BCUT2D eigenvalue weighted by Crippen LogP contribution is -2.16. The molecular formula is C16H17N3. The Bertz CT molecular complexity index is 643. The minimum Gasteiger partial charge on any atom is -0.312 e. The Morgan fingerprint density at radius 3 is 2.74 bits per heavy atom. The molecule has 3 rings (SSSR count). The zero-order valence-corrected chi connectivity index (χ0v) is 10.8. The second-order valence-electron chi connectivity index (χ2n) is 4.61. The Kier molecular flexibility index (Phi) is 3.56. The summed E-state index contributed by atoms with van der Waals surface area (Å²) < 4.78 is 1.91. The molecule has 2 heterocycles. The fourth-order valence-corrected chi connectivity index (χ4v) is 2.22. The first-order chi connectivity index (χ1) is 9.43. The second kappa shape index (κ2) is 5.67. The summed E-state index contributed by atoms with van der Waals surface area (Å²) in [6, 6.07) is 16.7. The van der Waals surface area contributed by atoms with E-state index in [9.17, 15) is 0 Å². The van der Waals surface area contributed by atoms with Gasteiger partial charge >= 0.3 is 0 Å². The van der Waals surface area contributed by atoms with Gasteiger partial charge in [-0.15, -0.1) is 0 Å². The van der Waals surface area contributed by atoms with Crippen molar-refractivity contribution in [2.24, 2.45) is 0 Å². The minimum atomic E-state index is 0.861. The van der Waals surface area contributed by atoms with Gasteiger partial charge in [0.15, 0.2) is 0 Å². The number of nitrogens with zero attached hydrogens (tertiary/aromatic N) is 2. The maximum absolute atomic E-state index is 4.33. The van der Waals surface area contributed by atoms with Gasteiger partial charge < -0.3 is 5.32 Å². The molecule has 0 amide bonds. The van der Waals surface area contributed by atoms with Gasteiger partial charge in [-0.3, -0.25) is 0 Å². The minimum absolute atomic E-state index is 0.861. The lowest BCUT2D eigenvalue weighted by molar-refractivity contribution is 0.689. The molecular weight excluding hydrogens is 234 g/mol. The Balaban J connectivity index is 1.55. The first-order valence-electron chi connectivity index (χ1n) is 6.59. The average molecular weight is 251 g/mol. The van der Waals surface area contributed by atoms with E-state index in [1.54, 1.807) is 0 Å². The fraction of sp³-hybridized carbons (Fsp3) is 0.188. The molecule has 0 unspecified atom stereocenters. The molecule has 0 radical (unpaired) electrons. The molecule has 0 saturated carbocycles. The van der Waals surface area contributed by atoms with Crippen molar-refractivity contribution in [2.75, 3.05) is 6.54 Å². The van der Waals surface area contributed by atoms with Crippen LogP contribution >= 0.6 is 0 Å². The molecule has 3 nitrogen and oxygen atoms in total. The van der Waals surface area contributed by atoms with Gasteiger partial charge in [0, 0.05) is 18.3 Å². The normalized spacial score (nSPS) is 10.9. The van der Waals surface area contributed by atoms with Crippen molar-refractivity contribution in [3.63, 3.8) is 0 Å². The van der Waals surface area contributed by atoms with Crippen LogP contribution in [0.4, 0.5) is 0 Å². The smallest absolute Gasteiger partial charge is 0.0706 e. The molecule has 0 atom stereocenters. The summed E-state index contributed by atoms with van der Waals surface area (Å²) in [4.78, 5) is 0. The van der Waals surface area contributed by atoms with E-state index in [4.69, 9.17) is 0 Å². The van der Waals surface area contributed by atoms with Gasteiger partial charge in [0.25, 0.3) is 0 Å². The quantitative estimate of drug-likeness (QED) is 0.706. The number of hydrogen-bond donors (Lipinski definition) is 1. The number of nitrogens with one attached hydrogen (secondary N) is 1. The average Bonchev–Trinajstić information content (AvgIpc) is 2.88. The molecule has 1 aromatic carbocycles. The summed E-state index contributed by atoms with van der Waals surface area (Å²) in [5.41, 5.74) is 3.79. The molecule has 0 saturated heterocycles. The summed E-state index contributed by atoms with van der Waals surface area (Å²) >= 11 is 0. The van der Waals surface area contributed by atoms with E-state index in [-0.39, 0.29) is 0 Å². The first-order valence-corrected chi connectivity index (χ1v) is 6.59. The predicted molar refractivity (Wildman–Crippen MR) is 77.0 cm³/mol. The highest BCUT2D eigenvalue weighted by atomic mass is 15.2. The third-order valence-electron chi connectivity index (χ3n) is 3.25. The standard InChI is InChI=1S/C16H17N3/c1-2-6-14(7-3-1)9-10-17-12-15-13-18-19-11-5-4-8-16(15)19/h1-8,11,13,17H,9-10,12H2. The SMILES string of the molecule is c1ccc(CCNCc2cnn3ccccc23)cc1. The summed E-state index contributed by atoms with van der Waals surface area (Å²) in [6.45, 7) is 1.84. The number of hydrogen-bond acceptors (Lipinski definition) is 2. The Labute approximate surface area is 112 Å². The van der Waals surface area contributed by atoms with Gasteiger partial charge in [-0.2, -0.15) is 5.10 Å². The van der Waals surface area contributed by atoms with Crippen molar-refractivity contribution in [3.8, 4) is 0 Å². The molecule has 96 valence electrons. The molecule has 0 spiro atoms. The van der Waals surface area contributed by atoms with Gasteiger partial charge in [0.05, 0.1) is 11.7 Å². The molecule has 0 fully saturated rings. The summed E-state index contributed by atoms with van der Waals surface area (Å²) in [6.07, 6.45) is 4.97. The highest BCUT2D eigenvalue weighted by Crippen LogP contribution is 2.09. The van der Waals surface area contributed by atoms with E-state index in [2.05, 4.69) is 46.8 Å². The van der Waals surface area contributed by atoms with Crippen LogP contribution in [0.1, 0.15) is 11.1 Å². The molecule has 1 N–H and O–H groups in total. The van der Waals surface area contributed by atoms with E-state index in [1.165, 1.54) is 16.6 Å². The molecule has 0 aliphatic heterocycles. The van der Waals surface area contributed by atoms with Crippen molar-refractivity contribution >= 4 is 5.52 Å². The zero-order chi connectivity index (χ0) is 12.9. The Hall–Kier alpha value is -2.13. The molecule has 0 aliphatic rings. The third-order valence-corrected chi connectivity index (χ3v) is 3.25. The number of benzene rings is 1. The van der Waals surface area contributed by atoms with Crippen LogP contribution in [-0.2, 0) is 13.0 Å². The number of pyridine rings is 1. The summed E-state index contributed by atoms with van der Waals surface area (Å²) in [5, 5.41) is 7.81. The van der Waals surface area contributed by atoms with Crippen LogP contribution in [0, 0.1) is 0 Å². The van der Waals surface area contributed by atoms with Crippen molar-refractivity contribution in [1.82, 2.24) is 14.9 Å². The second-order valence-corrected chi connectivity index (χ2v) is 4.61. The topological polar surface area (TPSA) is 29.3 Å². The summed E-state index contributed by atoms with van der Waals surface area (Å²) in [5.74, 6) is 0. The van der Waals surface area contributed by atoms with Crippen LogP contribution in [-0.4, -0.2) is 16.2 Å². The maximum Gasteiger partial charge on any atom is 0.0706 e. The van der Waals surface area contributed by atoms with Crippen molar-refractivity contribution in [1.29, 1.82) is 0 Å². The zero-order valence-electron chi connectivity index (χ0n) is 10.8. The Morgan fingerprint density at radius 2 is 1.84 bits per heavy atom. The monoisotopic (exact) mass is 251 g/mol. The van der Waals surface area contributed by atoms with Crippen LogP contribution < -0.4 is 5.32 Å². The van der Waals surface area contributed by atoms with Crippen LogP contribution in [0.15, 0.2) is 60.9 Å². The first kappa shape index (κ1) is 11.9. The van der Waals surface area contributed by atoms with Crippen LogP contribution in [0.5, 0.6) is 0 Å². The van der Waals surface area contributed by atoms with Crippen molar-refractivity contribution in [2.45, 2.75) is 13.0 Å². The number of rotatable bonds is 5. The molecule has 2 aromatic heterocycles. The maximum atomic E-state index is 4.33. The van der Waals surface area contributed by atoms with E-state index in [0.29, 0.717) is 0 Å². The fourth-order valence-electron chi connectivity index (χ4n) is 2.22. The molecule has 3 heteroatoms. The lowest BCUT2D eigenvalue weighted by Gasteiger charge is -2.04. The highest BCUT2D eigenvalue weighted by Gasteiger charge is 2.01.